The predicted molar refractivity (Wildman–Crippen MR) is 98.7 cm³/mol. The average molecular weight is 361 g/mol. The van der Waals surface area contributed by atoms with Gasteiger partial charge in [0.15, 0.2) is 5.78 Å². The molecule has 1 aliphatic rings. The zero-order chi connectivity index (χ0) is 19.7. The number of amides is 2. The number of ether oxygens (including phenoxy) is 2. The molecule has 2 rings (SSSR count). The van der Waals surface area contributed by atoms with Crippen molar-refractivity contribution < 1.29 is 23.9 Å². The molecular formula is C20H27NO5. The van der Waals surface area contributed by atoms with E-state index in [9.17, 15) is 14.4 Å². The summed E-state index contributed by atoms with van der Waals surface area (Å²) in [4.78, 5) is 38.2. The van der Waals surface area contributed by atoms with Gasteiger partial charge in [-0.25, -0.2) is 9.59 Å². The van der Waals surface area contributed by atoms with Crippen LogP contribution < -0.4 is 4.90 Å². The van der Waals surface area contributed by atoms with E-state index in [-0.39, 0.29) is 5.78 Å². The Morgan fingerprint density at radius 3 is 1.96 bits per heavy atom. The lowest BCUT2D eigenvalue weighted by Crippen LogP contribution is -2.43. The molecule has 0 atom stereocenters. The fraction of sp³-hybridized carbons (Fsp3) is 0.550. The van der Waals surface area contributed by atoms with Crippen LogP contribution in [-0.4, -0.2) is 29.2 Å². The van der Waals surface area contributed by atoms with Gasteiger partial charge in [-0.15, -0.1) is 0 Å². The lowest BCUT2D eigenvalue weighted by molar-refractivity contribution is 0.0430. The van der Waals surface area contributed by atoms with E-state index in [0.717, 1.165) is 23.3 Å². The number of carbonyl (C=O) groups is 3. The Bertz CT molecular complexity index is 697. The quantitative estimate of drug-likeness (QED) is 0.712. The Morgan fingerprint density at radius 2 is 1.46 bits per heavy atom. The predicted octanol–water partition coefficient (Wildman–Crippen LogP) is 4.88. The number of nitrogens with zero attached hydrogens (tertiary/aromatic N) is 1. The highest BCUT2D eigenvalue weighted by atomic mass is 16.6. The van der Waals surface area contributed by atoms with Crippen molar-refractivity contribution in [3.63, 3.8) is 0 Å². The van der Waals surface area contributed by atoms with Crippen LogP contribution in [0.5, 0.6) is 0 Å². The van der Waals surface area contributed by atoms with Crippen LogP contribution in [0.1, 0.15) is 70.3 Å². The van der Waals surface area contributed by atoms with Crippen LogP contribution in [0.3, 0.4) is 0 Å². The molecule has 0 bridgehead atoms. The monoisotopic (exact) mass is 361 g/mol. The maximum absolute atomic E-state index is 12.7. The Kier molecular flexibility index (Phi) is 5.44. The number of hydrogen-bond acceptors (Lipinski definition) is 5. The largest absolute Gasteiger partial charge is 0.443 e. The van der Waals surface area contributed by atoms with Crippen molar-refractivity contribution in [1.82, 2.24) is 0 Å². The standard InChI is InChI=1S/C20H27NO5/c1-19(2,3)25-17(23)21(18(24)26-20(4,5)6)14-10-11-15-13(12-14)8-7-9-16(15)22/h10-12H,7-9H2,1-6H3. The van der Waals surface area contributed by atoms with Crippen LogP contribution in [0.15, 0.2) is 18.2 Å². The van der Waals surface area contributed by atoms with Crippen molar-refractivity contribution in [3.8, 4) is 0 Å². The molecule has 0 unspecified atom stereocenters. The van der Waals surface area contributed by atoms with Gasteiger partial charge in [0.2, 0.25) is 0 Å². The lowest BCUT2D eigenvalue weighted by Gasteiger charge is -2.29. The smallest absolute Gasteiger partial charge is 0.424 e. The van der Waals surface area contributed by atoms with E-state index in [0.29, 0.717) is 17.7 Å². The van der Waals surface area contributed by atoms with Gasteiger partial charge in [-0.2, -0.15) is 4.90 Å². The topological polar surface area (TPSA) is 72.9 Å². The second-order valence-electron chi connectivity index (χ2n) is 8.41. The lowest BCUT2D eigenvalue weighted by atomic mass is 9.90. The molecule has 1 aliphatic carbocycles. The summed E-state index contributed by atoms with van der Waals surface area (Å²) < 4.78 is 10.7. The molecule has 0 spiro atoms. The van der Waals surface area contributed by atoms with Gasteiger partial charge in [0.1, 0.15) is 11.2 Å². The van der Waals surface area contributed by atoms with Gasteiger partial charge in [-0.1, -0.05) is 0 Å². The molecule has 0 radical (unpaired) electrons. The van der Waals surface area contributed by atoms with Gasteiger partial charge in [0.25, 0.3) is 0 Å². The van der Waals surface area contributed by atoms with Crippen LogP contribution in [0.4, 0.5) is 15.3 Å². The van der Waals surface area contributed by atoms with Crippen LogP contribution in [0, 0.1) is 0 Å². The zero-order valence-corrected chi connectivity index (χ0v) is 16.3. The summed E-state index contributed by atoms with van der Waals surface area (Å²) in [6, 6.07) is 4.93. The maximum Gasteiger partial charge on any atom is 0.424 e. The molecule has 2 amide bonds. The van der Waals surface area contributed by atoms with Gasteiger partial charge in [0, 0.05) is 12.0 Å². The number of anilines is 1. The summed E-state index contributed by atoms with van der Waals surface area (Å²) in [5.74, 6) is 0.0823. The van der Waals surface area contributed by atoms with E-state index in [1.165, 1.54) is 0 Å². The number of Topliss-reactive ketones (excluding diaryl/α,β-unsaturated/α-hetero) is 1. The van der Waals surface area contributed by atoms with Crippen molar-refractivity contribution in [2.75, 3.05) is 4.90 Å². The number of benzene rings is 1. The molecule has 6 heteroatoms. The van der Waals surface area contributed by atoms with Crippen molar-refractivity contribution in [2.45, 2.75) is 72.0 Å². The molecule has 0 aliphatic heterocycles. The first-order valence-electron chi connectivity index (χ1n) is 8.79. The Balaban J connectivity index is 2.41. The third-order valence-corrected chi connectivity index (χ3v) is 3.65. The summed E-state index contributed by atoms with van der Waals surface area (Å²) >= 11 is 0. The number of imide groups is 1. The molecular weight excluding hydrogens is 334 g/mol. The van der Waals surface area contributed by atoms with E-state index in [1.54, 1.807) is 59.7 Å². The first-order chi connectivity index (χ1) is 11.9. The highest BCUT2D eigenvalue weighted by Gasteiger charge is 2.33. The molecule has 0 aromatic heterocycles. The Hall–Kier alpha value is -2.37. The zero-order valence-electron chi connectivity index (χ0n) is 16.3. The Morgan fingerprint density at radius 1 is 0.923 bits per heavy atom. The molecule has 1 aromatic rings. The first-order valence-corrected chi connectivity index (χ1v) is 8.79. The number of ketones is 1. The minimum atomic E-state index is -0.811. The van der Waals surface area contributed by atoms with Gasteiger partial charge in [-0.05, 0) is 78.1 Å². The third kappa shape index (κ3) is 5.07. The second kappa shape index (κ2) is 7.09. The molecule has 0 N–H and O–H groups in total. The summed E-state index contributed by atoms with van der Waals surface area (Å²) in [5.41, 5.74) is 0.286. The number of aryl methyl sites for hydroxylation is 1. The molecule has 6 nitrogen and oxygen atoms in total. The van der Waals surface area contributed by atoms with Gasteiger partial charge in [-0.3, -0.25) is 4.79 Å². The number of hydrogen-bond donors (Lipinski definition) is 0. The number of rotatable bonds is 1. The molecule has 0 saturated carbocycles. The fourth-order valence-electron chi connectivity index (χ4n) is 2.67. The summed E-state index contributed by atoms with van der Waals surface area (Å²) in [5, 5.41) is 0. The highest BCUT2D eigenvalue weighted by molar-refractivity contribution is 6.10. The molecule has 0 heterocycles. The van der Waals surface area contributed by atoms with Gasteiger partial charge in [0.05, 0.1) is 5.69 Å². The highest BCUT2D eigenvalue weighted by Crippen LogP contribution is 2.28. The van der Waals surface area contributed by atoms with Crippen LogP contribution >= 0.6 is 0 Å². The van der Waals surface area contributed by atoms with E-state index in [2.05, 4.69) is 0 Å². The summed E-state index contributed by atoms with van der Waals surface area (Å²) in [6.45, 7) is 10.4. The molecule has 1 aromatic carbocycles. The normalized spacial score (nSPS) is 14.5. The van der Waals surface area contributed by atoms with E-state index in [4.69, 9.17) is 9.47 Å². The van der Waals surface area contributed by atoms with Gasteiger partial charge < -0.3 is 9.47 Å². The molecule has 0 saturated heterocycles. The van der Waals surface area contributed by atoms with Crippen molar-refractivity contribution in [3.05, 3.63) is 29.3 Å². The SMILES string of the molecule is CC(C)(C)OC(=O)N(C(=O)OC(C)(C)C)c1ccc2c(c1)CCCC2=O. The minimum absolute atomic E-state index is 0.0823. The fourth-order valence-corrected chi connectivity index (χ4v) is 2.67. The third-order valence-electron chi connectivity index (χ3n) is 3.65. The van der Waals surface area contributed by atoms with Crippen LogP contribution in [0.25, 0.3) is 0 Å². The second-order valence-corrected chi connectivity index (χ2v) is 8.41. The Labute approximate surface area is 154 Å². The van der Waals surface area contributed by atoms with E-state index < -0.39 is 23.4 Å². The maximum atomic E-state index is 12.7. The van der Waals surface area contributed by atoms with Gasteiger partial charge >= 0.3 is 12.2 Å². The number of carbonyl (C=O) groups excluding carboxylic acids is 3. The van der Waals surface area contributed by atoms with Crippen molar-refractivity contribution in [2.24, 2.45) is 0 Å². The van der Waals surface area contributed by atoms with Crippen molar-refractivity contribution >= 4 is 23.7 Å². The first kappa shape index (κ1) is 19.9. The minimum Gasteiger partial charge on any atom is -0.443 e. The number of fused-ring (bicyclic) bond motifs is 1. The van der Waals surface area contributed by atoms with Crippen LogP contribution in [0.2, 0.25) is 0 Å². The van der Waals surface area contributed by atoms with Crippen molar-refractivity contribution in [1.29, 1.82) is 0 Å². The van der Waals surface area contributed by atoms with E-state index in [1.807, 2.05) is 0 Å². The molecule has 26 heavy (non-hydrogen) atoms. The summed E-state index contributed by atoms with van der Waals surface area (Å²) in [6.07, 6.45) is 0.385. The molecule has 0 fully saturated rings. The average Bonchev–Trinajstić information content (AvgIpc) is 2.43. The van der Waals surface area contributed by atoms with Crippen LogP contribution in [-0.2, 0) is 15.9 Å². The van der Waals surface area contributed by atoms with E-state index >= 15 is 0 Å². The summed E-state index contributed by atoms with van der Waals surface area (Å²) in [7, 11) is 0. The molecule has 142 valence electrons.